The van der Waals surface area contributed by atoms with Crippen molar-refractivity contribution in [3.8, 4) is 0 Å². The first-order chi connectivity index (χ1) is 8.50. The molecule has 0 saturated carbocycles. The standard InChI is InChI=1S/C13H17IN2O2/c1-9-4-3-7-15(10(9)2)11-5-6-13(16(17)18)12(14)8-11/h5-6,8-10H,3-4,7H2,1-2H3. The Kier molecular flexibility index (Phi) is 4.09. The fourth-order valence-corrected chi connectivity index (χ4v) is 3.22. The average molecular weight is 360 g/mol. The predicted octanol–water partition coefficient (Wildman–Crippen LogP) is 3.82. The van der Waals surface area contributed by atoms with Gasteiger partial charge in [0.2, 0.25) is 0 Å². The number of piperidine rings is 1. The molecule has 0 radical (unpaired) electrons. The van der Waals surface area contributed by atoms with Crippen molar-refractivity contribution in [2.45, 2.75) is 32.7 Å². The van der Waals surface area contributed by atoms with Crippen molar-refractivity contribution < 1.29 is 4.92 Å². The number of hydrogen-bond acceptors (Lipinski definition) is 3. The van der Waals surface area contributed by atoms with Gasteiger partial charge in [0.25, 0.3) is 5.69 Å². The summed E-state index contributed by atoms with van der Waals surface area (Å²) in [7, 11) is 0. The summed E-state index contributed by atoms with van der Waals surface area (Å²) in [6.45, 7) is 5.55. The Morgan fingerprint density at radius 3 is 2.78 bits per heavy atom. The van der Waals surface area contributed by atoms with Crippen LogP contribution in [0, 0.1) is 19.6 Å². The molecule has 0 aromatic heterocycles. The van der Waals surface area contributed by atoms with E-state index in [2.05, 4.69) is 18.7 Å². The van der Waals surface area contributed by atoms with Crippen molar-refractivity contribution in [2.75, 3.05) is 11.4 Å². The second-order valence-corrected chi connectivity index (χ2v) is 6.11. The van der Waals surface area contributed by atoms with Crippen molar-refractivity contribution in [1.82, 2.24) is 0 Å². The van der Waals surface area contributed by atoms with Crippen LogP contribution in [-0.4, -0.2) is 17.5 Å². The molecule has 0 aliphatic carbocycles. The topological polar surface area (TPSA) is 46.4 Å². The normalized spacial score (nSPS) is 24.1. The molecule has 1 aromatic rings. The maximum atomic E-state index is 10.8. The minimum Gasteiger partial charge on any atom is -0.369 e. The largest absolute Gasteiger partial charge is 0.369 e. The Bertz CT molecular complexity index is 464. The van der Waals surface area contributed by atoms with Crippen LogP contribution in [0.25, 0.3) is 0 Å². The molecule has 2 unspecified atom stereocenters. The van der Waals surface area contributed by atoms with Crippen molar-refractivity contribution in [2.24, 2.45) is 5.92 Å². The molecule has 2 atom stereocenters. The number of rotatable bonds is 2. The summed E-state index contributed by atoms with van der Waals surface area (Å²) in [5.41, 5.74) is 1.29. The van der Waals surface area contributed by atoms with Crippen molar-refractivity contribution in [1.29, 1.82) is 0 Å². The highest BCUT2D eigenvalue weighted by Crippen LogP contribution is 2.32. The van der Waals surface area contributed by atoms with E-state index in [0.29, 0.717) is 15.5 Å². The molecule has 1 aliphatic rings. The van der Waals surface area contributed by atoms with E-state index in [4.69, 9.17) is 0 Å². The molecule has 1 fully saturated rings. The molecule has 0 bridgehead atoms. The second-order valence-electron chi connectivity index (χ2n) is 4.95. The number of nitro groups is 1. The molecule has 5 heteroatoms. The lowest BCUT2D eigenvalue weighted by Crippen LogP contribution is -2.42. The Labute approximate surface area is 121 Å². The SMILES string of the molecule is CC1CCCN(c2ccc([N+](=O)[O-])c(I)c2)C1C. The van der Waals surface area contributed by atoms with Gasteiger partial charge in [-0.2, -0.15) is 0 Å². The van der Waals surface area contributed by atoms with Gasteiger partial charge >= 0.3 is 0 Å². The molecule has 98 valence electrons. The monoisotopic (exact) mass is 360 g/mol. The molecule has 0 amide bonds. The van der Waals surface area contributed by atoms with E-state index in [0.717, 1.165) is 12.2 Å². The molecule has 1 aliphatic heterocycles. The number of nitro benzene ring substituents is 1. The summed E-state index contributed by atoms with van der Waals surface area (Å²) >= 11 is 2.04. The molecule has 1 aromatic carbocycles. The van der Waals surface area contributed by atoms with Crippen molar-refractivity contribution >= 4 is 34.0 Å². The zero-order valence-corrected chi connectivity index (χ0v) is 12.8. The van der Waals surface area contributed by atoms with E-state index < -0.39 is 0 Å². The summed E-state index contributed by atoms with van der Waals surface area (Å²) in [5, 5.41) is 10.8. The lowest BCUT2D eigenvalue weighted by Gasteiger charge is -2.39. The van der Waals surface area contributed by atoms with Gasteiger partial charge in [-0.3, -0.25) is 10.1 Å². The first-order valence-corrected chi connectivity index (χ1v) is 7.29. The van der Waals surface area contributed by atoms with E-state index in [9.17, 15) is 10.1 Å². The third kappa shape index (κ3) is 2.60. The Hall–Kier alpha value is -0.850. The van der Waals surface area contributed by atoms with E-state index in [1.54, 1.807) is 6.07 Å². The summed E-state index contributed by atoms with van der Waals surface area (Å²) < 4.78 is 0.709. The smallest absolute Gasteiger partial charge is 0.282 e. The molecular formula is C13H17IN2O2. The summed E-state index contributed by atoms with van der Waals surface area (Å²) in [6.07, 6.45) is 2.46. The van der Waals surface area contributed by atoms with Gasteiger partial charge in [-0.15, -0.1) is 0 Å². The van der Waals surface area contributed by atoms with Crippen LogP contribution < -0.4 is 4.90 Å². The number of halogens is 1. The molecule has 1 saturated heterocycles. The predicted molar refractivity (Wildman–Crippen MR) is 81.0 cm³/mol. The molecule has 2 rings (SSSR count). The number of anilines is 1. The van der Waals surface area contributed by atoms with Gasteiger partial charge in [0, 0.05) is 24.3 Å². The Balaban J connectivity index is 2.28. The van der Waals surface area contributed by atoms with Crippen LogP contribution in [-0.2, 0) is 0 Å². The van der Waals surface area contributed by atoms with Crippen LogP contribution in [0.3, 0.4) is 0 Å². The van der Waals surface area contributed by atoms with Crippen LogP contribution >= 0.6 is 22.6 Å². The lowest BCUT2D eigenvalue weighted by atomic mass is 9.91. The van der Waals surface area contributed by atoms with Crippen LogP contribution in [0.1, 0.15) is 26.7 Å². The highest BCUT2D eigenvalue weighted by atomic mass is 127. The summed E-state index contributed by atoms with van der Waals surface area (Å²) in [4.78, 5) is 12.8. The average Bonchev–Trinajstić information content (AvgIpc) is 2.32. The number of nitrogens with zero attached hydrogens (tertiary/aromatic N) is 2. The van der Waals surface area contributed by atoms with Crippen molar-refractivity contribution in [3.05, 3.63) is 31.9 Å². The molecule has 0 N–H and O–H groups in total. The van der Waals surface area contributed by atoms with E-state index in [-0.39, 0.29) is 10.6 Å². The highest BCUT2D eigenvalue weighted by molar-refractivity contribution is 14.1. The van der Waals surface area contributed by atoms with E-state index in [1.165, 1.54) is 12.8 Å². The Morgan fingerprint density at radius 2 is 2.17 bits per heavy atom. The van der Waals surface area contributed by atoms with Crippen LogP contribution in [0.2, 0.25) is 0 Å². The third-order valence-electron chi connectivity index (χ3n) is 3.83. The van der Waals surface area contributed by atoms with Crippen molar-refractivity contribution in [3.63, 3.8) is 0 Å². The van der Waals surface area contributed by atoms with Gasteiger partial charge in [-0.1, -0.05) is 6.92 Å². The fraction of sp³-hybridized carbons (Fsp3) is 0.538. The quantitative estimate of drug-likeness (QED) is 0.458. The summed E-state index contributed by atoms with van der Waals surface area (Å²) in [6, 6.07) is 5.90. The molecule has 4 nitrogen and oxygen atoms in total. The van der Waals surface area contributed by atoms with Gasteiger partial charge in [0.1, 0.15) is 0 Å². The van der Waals surface area contributed by atoms with E-state index >= 15 is 0 Å². The zero-order chi connectivity index (χ0) is 13.3. The minimum absolute atomic E-state index is 0.192. The highest BCUT2D eigenvalue weighted by Gasteiger charge is 2.25. The maximum Gasteiger partial charge on any atom is 0.282 e. The minimum atomic E-state index is -0.326. The second kappa shape index (κ2) is 5.42. The van der Waals surface area contributed by atoms with Gasteiger partial charge in [-0.05, 0) is 60.4 Å². The molecule has 1 heterocycles. The fourth-order valence-electron chi connectivity index (χ4n) is 2.52. The van der Waals surface area contributed by atoms with Crippen LogP contribution in [0.15, 0.2) is 18.2 Å². The van der Waals surface area contributed by atoms with Gasteiger partial charge < -0.3 is 4.90 Å². The van der Waals surface area contributed by atoms with Gasteiger partial charge in [-0.25, -0.2) is 0 Å². The number of hydrogen-bond donors (Lipinski definition) is 0. The zero-order valence-electron chi connectivity index (χ0n) is 10.6. The Morgan fingerprint density at radius 1 is 1.44 bits per heavy atom. The van der Waals surface area contributed by atoms with Gasteiger partial charge in [0.05, 0.1) is 8.49 Å². The van der Waals surface area contributed by atoms with Crippen LogP contribution in [0.4, 0.5) is 11.4 Å². The first-order valence-electron chi connectivity index (χ1n) is 6.21. The molecule has 0 spiro atoms. The molecule has 18 heavy (non-hydrogen) atoms. The first kappa shape index (κ1) is 13.6. The van der Waals surface area contributed by atoms with E-state index in [1.807, 2.05) is 34.7 Å². The van der Waals surface area contributed by atoms with Crippen LogP contribution in [0.5, 0.6) is 0 Å². The number of benzene rings is 1. The summed E-state index contributed by atoms with van der Waals surface area (Å²) in [5.74, 6) is 0.673. The lowest BCUT2D eigenvalue weighted by molar-refractivity contribution is -0.385. The molecular weight excluding hydrogens is 343 g/mol. The maximum absolute atomic E-state index is 10.8. The third-order valence-corrected chi connectivity index (χ3v) is 4.70. The van der Waals surface area contributed by atoms with Gasteiger partial charge in [0.15, 0.2) is 0 Å².